The number of halogens is 5. The standard InChI is InChI=1S/C32H29F5N6O6/c1-3-49-27-16(12-24(38)44)11-23(41-26(27)15-4-7-21-20(9-15)31(33,34)29(46)40-21)30(47,32(35,36)37)14-39-28(45)17-8-18-13-43(19-5-6-19)42-25(18)22(10-17)48-2/h4,7-11,13,19,47H,3,5-6,12,14H2,1-2H3,(H2,38,44)(H,39,45)(H,40,46)/t30-/m0/s1. The van der Waals surface area contributed by atoms with Gasteiger partial charge in [0.2, 0.25) is 11.5 Å². The van der Waals surface area contributed by atoms with Crippen molar-refractivity contribution in [1.82, 2.24) is 20.1 Å². The van der Waals surface area contributed by atoms with Gasteiger partial charge in [0.1, 0.15) is 22.7 Å². The van der Waals surface area contributed by atoms with Gasteiger partial charge in [-0.3, -0.25) is 19.1 Å². The average molecular weight is 689 g/mol. The smallest absolute Gasteiger partial charge is 0.424 e. The summed E-state index contributed by atoms with van der Waals surface area (Å²) in [7, 11) is 1.35. The first-order valence-electron chi connectivity index (χ1n) is 15.0. The molecule has 1 atom stereocenters. The predicted molar refractivity (Wildman–Crippen MR) is 163 cm³/mol. The number of hydrogen-bond donors (Lipinski definition) is 4. The first-order valence-corrected chi connectivity index (χ1v) is 15.0. The Morgan fingerprint density at radius 1 is 1.18 bits per heavy atom. The van der Waals surface area contributed by atoms with Crippen LogP contribution in [0.15, 0.2) is 42.6 Å². The van der Waals surface area contributed by atoms with Crippen LogP contribution in [0.25, 0.3) is 22.2 Å². The summed E-state index contributed by atoms with van der Waals surface area (Å²) in [6, 6.07) is 6.84. The highest BCUT2D eigenvalue weighted by Gasteiger charge is 2.57. The largest absolute Gasteiger partial charge is 0.494 e. The molecule has 17 heteroatoms. The van der Waals surface area contributed by atoms with Gasteiger partial charge in [0, 0.05) is 28.3 Å². The van der Waals surface area contributed by atoms with Gasteiger partial charge in [-0.1, -0.05) is 6.07 Å². The van der Waals surface area contributed by atoms with Crippen molar-refractivity contribution in [3.05, 3.63) is 65.0 Å². The molecule has 0 spiro atoms. The minimum absolute atomic E-state index is 0.0822. The Morgan fingerprint density at radius 2 is 1.92 bits per heavy atom. The Hall–Kier alpha value is -5.32. The first kappa shape index (κ1) is 33.6. The Kier molecular flexibility index (Phi) is 8.21. The summed E-state index contributed by atoms with van der Waals surface area (Å²) in [6.45, 7) is -0.0158. The van der Waals surface area contributed by atoms with Crippen molar-refractivity contribution in [2.45, 2.75) is 49.9 Å². The maximum atomic E-state index is 14.8. The molecule has 1 fully saturated rings. The van der Waals surface area contributed by atoms with E-state index in [2.05, 4.69) is 15.4 Å². The van der Waals surface area contributed by atoms with E-state index in [1.807, 2.05) is 5.32 Å². The van der Waals surface area contributed by atoms with Crippen molar-refractivity contribution < 1.29 is 50.9 Å². The van der Waals surface area contributed by atoms with Crippen LogP contribution in [0.3, 0.4) is 0 Å². The van der Waals surface area contributed by atoms with Crippen molar-refractivity contribution in [2.75, 3.05) is 25.6 Å². The molecule has 0 bridgehead atoms. The lowest BCUT2D eigenvalue weighted by molar-refractivity contribution is -0.265. The molecule has 3 amide bonds. The molecule has 2 aromatic carbocycles. The van der Waals surface area contributed by atoms with Crippen LogP contribution < -0.4 is 25.8 Å². The summed E-state index contributed by atoms with van der Waals surface area (Å²) in [5, 5.41) is 20.4. The number of nitrogens with two attached hydrogens (primary N) is 1. The lowest BCUT2D eigenvalue weighted by Gasteiger charge is -2.31. The van der Waals surface area contributed by atoms with Gasteiger partial charge in [0.25, 0.3) is 11.8 Å². The van der Waals surface area contributed by atoms with E-state index in [1.54, 1.807) is 10.9 Å². The second-order valence-electron chi connectivity index (χ2n) is 11.7. The summed E-state index contributed by atoms with van der Waals surface area (Å²) >= 11 is 0. The third-order valence-corrected chi connectivity index (χ3v) is 8.26. The van der Waals surface area contributed by atoms with Gasteiger partial charge in [-0.15, -0.1) is 0 Å². The van der Waals surface area contributed by atoms with Gasteiger partial charge in [-0.05, 0) is 50.1 Å². The van der Waals surface area contributed by atoms with E-state index >= 15 is 0 Å². The van der Waals surface area contributed by atoms with Crippen LogP contribution in [0.5, 0.6) is 11.5 Å². The summed E-state index contributed by atoms with van der Waals surface area (Å²) < 4.78 is 86.5. The van der Waals surface area contributed by atoms with E-state index in [1.165, 1.54) is 32.2 Å². The number of aromatic nitrogens is 3. The number of carbonyl (C=O) groups is 3. The zero-order valence-corrected chi connectivity index (χ0v) is 26.0. The maximum Gasteiger partial charge on any atom is 0.424 e. The zero-order valence-electron chi connectivity index (χ0n) is 26.0. The number of hydrogen-bond acceptors (Lipinski definition) is 8. The number of methoxy groups -OCH3 is 1. The molecule has 4 aromatic rings. The molecular formula is C32H29F5N6O6. The summed E-state index contributed by atoms with van der Waals surface area (Å²) in [5.41, 5.74) is -1.12. The van der Waals surface area contributed by atoms with Crippen LogP contribution in [-0.2, 0) is 27.5 Å². The van der Waals surface area contributed by atoms with E-state index in [0.29, 0.717) is 10.9 Å². The molecule has 1 saturated carbocycles. The van der Waals surface area contributed by atoms with Crippen LogP contribution >= 0.6 is 0 Å². The molecule has 258 valence electrons. The van der Waals surface area contributed by atoms with Crippen LogP contribution in [-0.4, -0.2) is 64.0 Å². The average Bonchev–Trinajstić information content (AvgIpc) is 3.76. The minimum atomic E-state index is -5.48. The summed E-state index contributed by atoms with van der Waals surface area (Å²) in [5.74, 6) is -7.60. The van der Waals surface area contributed by atoms with E-state index in [9.17, 15) is 41.4 Å². The van der Waals surface area contributed by atoms with Crippen molar-refractivity contribution in [1.29, 1.82) is 0 Å². The molecule has 5 N–H and O–H groups in total. The second kappa shape index (κ2) is 12.0. The molecule has 3 heterocycles. The first-order chi connectivity index (χ1) is 23.1. The third kappa shape index (κ3) is 5.98. The number of rotatable bonds is 11. The molecule has 6 rings (SSSR count). The highest BCUT2D eigenvalue weighted by molar-refractivity contribution is 6.04. The second-order valence-corrected chi connectivity index (χ2v) is 11.7. The highest BCUT2D eigenvalue weighted by Crippen LogP contribution is 2.46. The minimum Gasteiger partial charge on any atom is -0.494 e. The lowest BCUT2D eigenvalue weighted by atomic mass is 9.93. The topological polar surface area (TPSA) is 171 Å². The van der Waals surface area contributed by atoms with Crippen LogP contribution in [0, 0.1) is 0 Å². The van der Waals surface area contributed by atoms with Gasteiger partial charge < -0.3 is 30.9 Å². The number of nitrogens with zero attached hydrogens (tertiary/aromatic N) is 3. The third-order valence-electron chi connectivity index (χ3n) is 8.26. The van der Waals surface area contributed by atoms with Gasteiger partial charge in [-0.25, -0.2) is 4.98 Å². The Bertz CT molecular complexity index is 2010. The molecule has 0 radical (unpaired) electrons. The van der Waals surface area contributed by atoms with Crippen molar-refractivity contribution in [3.63, 3.8) is 0 Å². The van der Waals surface area contributed by atoms with Crippen molar-refractivity contribution in [3.8, 4) is 22.8 Å². The van der Waals surface area contributed by atoms with Crippen LogP contribution in [0.4, 0.5) is 27.6 Å². The number of nitrogens with one attached hydrogen (secondary N) is 2. The van der Waals surface area contributed by atoms with Crippen LogP contribution in [0.1, 0.15) is 53.0 Å². The fraction of sp³-hybridized carbons (Fsp3) is 0.344. The molecule has 1 aliphatic carbocycles. The van der Waals surface area contributed by atoms with Gasteiger partial charge in [-0.2, -0.15) is 27.1 Å². The van der Waals surface area contributed by atoms with Gasteiger partial charge in [0.15, 0.2) is 0 Å². The quantitative estimate of drug-likeness (QED) is 0.171. The van der Waals surface area contributed by atoms with Crippen molar-refractivity contribution >= 4 is 34.3 Å². The molecule has 12 nitrogen and oxygen atoms in total. The molecule has 1 aliphatic heterocycles. The monoisotopic (exact) mass is 688 g/mol. The number of aliphatic hydroxyl groups is 1. The van der Waals surface area contributed by atoms with E-state index in [0.717, 1.165) is 31.0 Å². The highest BCUT2D eigenvalue weighted by atomic mass is 19.4. The number of anilines is 1. The number of ether oxygens (including phenoxy) is 2. The molecular weight excluding hydrogens is 659 g/mol. The van der Waals surface area contributed by atoms with Gasteiger partial charge in [0.05, 0.1) is 49.7 Å². The number of primary amides is 1. The summed E-state index contributed by atoms with van der Waals surface area (Å²) in [4.78, 5) is 41.2. The Labute approximate surface area is 274 Å². The molecule has 2 aromatic heterocycles. The predicted octanol–water partition coefficient (Wildman–Crippen LogP) is 4.09. The number of amides is 3. The number of carbonyl (C=O) groups excluding carboxylic acids is 3. The van der Waals surface area contributed by atoms with E-state index in [4.69, 9.17) is 15.2 Å². The number of fused-ring (bicyclic) bond motifs is 2. The zero-order chi connectivity index (χ0) is 35.5. The molecule has 0 saturated heterocycles. The normalized spacial score (nSPS) is 16.5. The number of alkyl halides is 5. The Balaban J connectivity index is 1.42. The number of benzene rings is 2. The van der Waals surface area contributed by atoms with Crippen LogP contribution in [0.2, 0.25) is 0 Å². The molecule has 49 heavy (non-hydrogen) atoms. The molecule has 2 aliphatic rings. The maximum absolute atomic E-state index is 14.8. The van der Waals surface area contributed by atoms with Gasteiger partial charge >= 0.3 is 12.1 Å². The SMILES string of the molecule is CCOc1c(CC(N)=O)cc([C@@](O)(CNC(=O)c2cc(OC)c3nn(C4CC4)cc3c2)C(F)(F)F)nc1-c1ccc2c(c1)C(F)(F)C(=O)N2. The van der Waals surface area contributed by atoms with E-state index < -0.39 is 65.3 Å². The Morgan fingerprint density at radius 3 is 2.55 bits per heavy atom. The fourth-order valence-electron chi connectivity index (χ4n) is 5.58. The molecule has 0 unspecified atom stereocenters. The lowest BCUT2D eigenvalue weighted by Crippen LogP contribution is -2.51. The van der Waals surface area contributed by atoms with Crippen molar-refractivity contribution in [2.24, 2.45) is 5.73 Å². The summed E-state index contributed by atoms with van der Waals surface area (Å²) in [6.07, 6.45) is -2.61. The van der Waals surface area contributed by atoms with E-state index in [-0.39, 0.29) is 46.5 Å². The number of pyridine rings is 1. The fourth-order valence-corrected chi connectivity index (χ4v) is 5.58.